The summed E-state index contributed by atoms with van der Waals surface area (Å²) in [6.45, 7) is 4.66. The molecule has 1 aromatic heterocycles. The Kier molecular flexibility index (Phi) is 5.45. The van der Waals surface area contributed by atoms with Gasteiger partial charge in [-0.15, -0.1) is 0 Å². The molecule has 2 aliphatic rings. The standard InChI is InChI=1S/C17H24N4O4S/c1-2-21(15-4-10-26(24,25)12-15)14-3-5-18-16(11-14)17(23)20-8-6-19(13-22)7-9-20/h3,5,11,13,15H,2,4,6-10,12H2,1H3. The van der Waals surface area contributed by atoms with Crippen LogP contribution in [-0.2, 0) is 14.6 Å². The zero-order chi connectivity index (χ0) is 18.7. The van der Waals surface area contributed by atoms with E-state index in [1.54, 1.807) is 22.1 Å². The van der Waals surface area contributed by atoms with Crippen molar-refractivity contribution in [1.82, 2.24) is 14.8 Å². The fraction of sp³-hybridized carbons (Fsp3) is 0.588. The quantitative estimate of drug-likeness (QED) is 0.669. The predicted molar refractivity (Wildman–Crippen MR) is 97.9 cm³/mol. The van der Waals surface area contributed by atoms with Crippen LogP contribution in [0.4, 0.5) is 5.69 Å². The minimum absolute atomic E-state index is 0.0634. The Hall–Kier alpha value is -2.16. The van der Waals surface area contributed by atoms with Gasteiger partial charge in [-0.2, -0.15) is 0 Å². The molecule has 0 radical (unpaired) electrons. The summed E-state index contributed by atoms with van der Waals surface area (Å²) in [6, 6.07) is 3.49. The fourth-order valence-electron chi connectivity index (χ4n) is 3.58. The molecule has 0 spiro atoms. The van der Waals surface area contributed by atoms with Crippen LogP contribution in [0.25, 0.3) is 0 Å². The first-order valence-corrected chi connectivity index (χ1v) is 10.7. The summed E-state index contributed by atoms with van der Waals surface area (Å²) in [4.78, 5) is 33.1. The first-order valence-electron chi connectivity index (χ1n) is 8.85. The monoisotopic (exact) mass is 380 g/mol. The highest BCUT2D eigenvalue weighted by atomic mass is 32.2. The number of pyridine rings is 1. The van der Waals surface area contributed by atoms with Crippen LogP contribution in [0.15, 0.2) is 18.3 Å². The lowest BCUT2D eigenvalue weighted by Crippen LogP contribution is -2.48. The molecule has 9 heteroatoms. The number of amides is 2. The van der Waals surface area contributed by atoms with Gasteiger partial charge in [-0.25, -0.2) is 8.42 Å². The molecule has 0 bridgehead atoms. The van der Waals surface area contributed by atoms with Crippen LogP contribution >= 0.6 is 0 Å². The van der Waals surface area contributed by atoms with Gasteiger partial charge in [0.05, 0.1) is 11.5 Å². The zero-order valence-corrected chi connectivity index (χ0v) is 15.7. The molecule has 0 aromatic carbocycles. The maximum Gasteiger partial charge on any atom is 0.272 e. The SMILES string of the molecule is CCN(c1ccnc(C(=O)N2CCN(C=O)CC2)c1)C1CCS(=O)(=O)C1. The van der Waals surface area contributed by atoms with Crippen molar-refractivity contribution in [3.63, 3.8) is 0 Å². The molecule has 2 fully saturated rings. The number of anilines is 1. The fourth-order valence-corrected chi connectivity index (χ4v) is 5.31. The third-order valence-corrected chi connectivity index (χ3v) is 6.79. The lowest BCUT2D eigenvalue weighted by Gasteiger charge is -2.33. The maximum absolute atomic E-state index is 12.7. The molecule has 2 amide bonds. The third-order valence-electron chi connectivity index (χ3n) is 5.03. The predicted octanol–water partition coefficient (Wildman–Crippen LogP) is 0.00920. The first-order chi connectivity index (χ1) is 12.4. The van der Waals surface area contributed by atoms with Crippen molar-refractivity contribution >= 4 is 27.8 Å². The molecule has 1 atom stereocenters. The van der Waals surface area contributed by atoms with E-state index >= 15 is 0 Å². The molecule has 142 valence electrons. The summed E-state index contributed by atoms with van der Waals surface area (Å²) in [5, 5.41) is 0. The van der Waals surface area contributed by atoms with E-state index in [1.807, 2.05) is 17.9 Å². The summed E-state index contributed by atoms with van der Waals surface area (Å²) in [7, 11) is -2.98. The second kappa shape index (κ2) is 7.61. The van der Waals surface area contributed by atoms with Crippen molar-refractivity contribution in [1.29, 1.82) is 0 Å². The molecule has 3 rings (SSSR count). The van der Waals surface area contributed by atoms with Crippen molar-refractivity contribution in [2.45, 2.75) is 19.4 Å². The molecule has 26 heavy (non-hydrogen) atoms. The highest BCUT2D eigenvalue weighted by molar-refractivity contribution is 7.91. The van der Waals surface area contributed by atoms with Gasteiger partial charge in [0.25, 0.3) is 5.91 Å². The number of carbonyl (C=O) groups excluding carboxylic acids is 2. The first kappa shape index (κ1) is 18.6. The second-order valence-corrected chi connectivity index (χ2v) is 8.90. The molecule has 2 saturated heterocycles. The van der Waals surface area contributed by atoms with Crippen LogP contribution in [0.1, 0.15) is 23.8 Å². The van der Waals surface area contributed by atoms with Gasteiger partial charge in [-0.1, -0.05) is 0 Å². The second-order valence-electron chi connectivity index (χ2n) is 6.68. The van der Waals surface area contributed by atoms with Gasteiger partial charge < -0.3 is 14.7 Å². The van der Waals surface area contributed by atoms with E-state index in [0.717, 1.165) is 12.1 Å². The van der Waals surface area contributed by atoms with E-state index in [1.165, 1.54) is 0 Å². The number of rotatable bonds is 5. The van der Waals surface area contributed by atoms with Crippen LogP contribution in [-0.4, -0.2) is 85.8 Å². The highest BCUT2D eigenvalue weighted by Crippen LogP contribution is 2.24. The summed E-state index contributed by atoms with van der Waals surface area (Å²) in [6.07, 6.45) is 3.00. The van der Waals surface area contributed by atoms with Crippen LogP contribution < -0.4 is 4.90 Å². The Bertz CT molecular complexity index is 775. The van der Waals surface area contributed by atoms with E-state index in [0.29, 0.717) is 44.8 Å². The van der Waals surface area contributed by atoms with Crippen LogP contribution in [0.2, 0.25) is 0 Å². The minimum atomic E-state index is -2.98. The average Bonchev–Trinajstić information content (AvgIpc) is 3.01. The number of carbonyl (C=O) groups is 2. The molecule has 0 saturated carbocycles. The smallest absolute Gasteiger partial charge is 0.272 e. The van der Waals surface area contributed by atoms with Crippen molar-refractivity contribution in [2.24, 2.45) is 0 Å². The molecule has 0 aliphatic carbocycles. The number of nitrogens with zero attached hydrogens (tertiary/aromatic N) is 4. The Morgan fingerprint density at radius 3 is 2.65 bits per heavy atom. The maximum atomic E-state index is 12.7. The topological polar surface area (TPSA) is 90.9 Å². The van der Waals surface area contributed by atoms with E-state index in [4.69, 9.17) is 0 Å². The molecule has 3 heterocycles. The third kappa shape index (κ3) is 3.98. The molecule has 8 nitrogen and oxygen atoms in total. The summed E-state index contributed by atoms with van der Waals surface area (Å²) >= 11 is 0. The molecular formula is C17H24N4O4S. The van der Waals surface area contributed by atoms with Crippen LogP contribution in [0.3, 0.4) is 0 Å². The average molecular weight is 380 g/mol. The van der Waals surface area contributed by atoms with Gasteiger partial charge >= 0.3 is 0 Å². The van der Waals surface area contributed by atoms with Gasteiger partial charge in [0.15, 0.2) is 9.84 Å². The van der Waals surface area contributed by atoms with Crippen molar-refractivity contribution in [3.05, 3.63) is 24.0 Å². The van der Waals surface area contributed by atoms with Crippen molar-refractivity contribution < 1.29 is 18.0 Å². The Labute approximate surface area is 153 Å². The van der Waals surface area contributed by atoms with Crippen LogP contribution in [0, 0.1) is 0 Å². The van der Waals surface area contributed by atoms with Gasteiger partial charge in [0.1, 0.15) is 5.69 Å². The van der Waals surface area contributed by atoms with E-state index in [2.05, 4.69) is 4.98 Å². The minimum Gasteiger partial charge on any atom is -0.368 e. The number of hydrogen-bond acceptors (Lipinski definition) is 6. The number of piperazine rings is 1. The van der Waals surface area contributed by atoms with Gasteiger partial charge in [-0.05, 0) is 25.5 Å². The molecule has 0 N–H and O–H groups in total. The summed E-state index contributed by atoms with van der Waals surface area (Å²) in [5.41, 5.74) is 1.17. The van der Waals surface area contributed by atoms with E-state index < -0.39 is 9.84 Å². The van der Waals surface area contributed by atoms with Crippen molar-refractivity contribution in [2.75, 3.05) is 49.1 Å². The Morgan fingerprint density at radius 1 is 1.35 bits per heavy atom. The van der Waals surface area contributed by atoms with Gasteiger partial charge in [0.2, 0.25) is 6.41 Å². The normalized spacial score (nSPS) is 22.3. The number of aromatic nitrogens is 1. The summed E-state index contributed by atoms with van der Waals surface area (Å²) in [5.74, 6) is 0.207. The highest BCUT2D eigenvalue weighted by Gasteiger charge is 2.32. The number of hydrogen-bond donors (Lipinski definition) is 0. The van der Waals surface area contributed by atoms with Crippen LogP contribution in [0.5, 0.6) is 0 Å². The zero-order valence-electron chi connectivity index (χ0n) is 14.9. The van der Waals surface area contributed by atoms with E-state index in [9.17, 15) is 18.0 Å². The van der Waals surface area contributed by atoms with E-state index in [-0.39, 0.29) is 23.5 Å². The number of sulfone groups is 1. The molecule has 1 unspecified atom stereocenters. The molecule has 1 aromatic rings. The van der Waals surface area contributed by atoms with Gasteiger partial charge in [0, 0.05) is 50.6 Å². The van der Waals surface area contributed by atoms with Gasteiger partial charge in [-0.3, -0.25) is 14.6 Å². The van der Waals surface area contributed by atoms with Crippen molar-refractivity contribution in [3.8, 4) is 0 Å². The Balaban J connectivity index is 1.75. The lowest BCUT2D eigenvalue weighted by atomic mass is 10.1. The largest absolute Gasteiger partial charge is 0.368 e. The lowest BCUT2D eigenvalue weighted by molar-refractivity contribution is -0.119. The molecule has 2 aliphatic heterocycles. The Morgan fingerprint density at radius 2 is 2.08 bits per heavy atom. The summed E-state index contributed by atoms with van der Waals surface area (Å²) < 4.78 is 23.6. The molecular weight excluding hydrogens is 356 g/mol.